The van der Waals surface area contributed by atoms with Crippen molar-refractivity contribution < 1.29 is 14.7 Å². The highest BCUT2D eigenvalue weighted by molar-refractivity contribution is 6.03. The molecule has 13 heavy (non-hydrogen) atoms. The summed E-state index contributed by atoms with van der Waals surface area (Å²) in [5.41, 5.74) is -1.06. The van der Waals surface area contributed by atoms with Crippen molar-refractivity contribution in [3.63, 3.8) is 0 Å². The van der Waals surface area contributed by atoms with Crippen molar-refractivity contribution in [2.24, 2.45) is 11.3 Å². The lowest BCUT2D eigenvalue weighted by Gasteiger charge is -2.33. The highest BCUT2D eigenvalue weighted by Gasteiger charge is 2.46. The minimum atomic E-state index is -1.06. The van der Waals surface area contributed by atoms with Crippen LogP contribution < -0.4 is 0 Å². The summed E-state index contributed by atoms with van der Waals surface area (Å²) in [6, 6.07) is 0. The Morgan fingerprint density at radius 1 is 1.69 bits per heavy atom. The smallest absolute Gasteiger partial charge is 0.317 e. The second kappa shape index (κ2) is 3.48. The number of hydrogen-bond acceptors (Lipinski definition) is 2. The maximum atomic E-state index is 11.6. The molecule has 1 saturated carbocycles. The van der Waals surface area contributed by atoms with Gasteiger partial charge in [0.2, 0.25) is 0 Å². The molecule has 1 aliphatic rings. The zero-order valence-electron chi connectivity index (χ0n) is 8.17. The summed E-state index contributed by atoms with van der Waals surface area (Å²) in [6.45, 7) is 3.78. The van der Waals surface area contributed by atoms with Gasteiger partial charge in [-0.25, -0.2) is 0 Å². The van der Waals surface area contributed by atoms with Crippen LogP contribution >= 0.6 is 0 Å². The van der Waals surface area contributed by atoms with Crippen LogP contribution in [0.3, 0.4) is 0 Å². The van der Waals surface area contributed by atoms with E-state index in [-0.39, 0.29) is 5.78 Å². The fraction of sp³-hybridized carbons (Fsp3) is 0.800. The Kier molecular flexibility index (Phi) is 2.74. The van der Waals surface area contributed by atoms with Gasteiger partial charge in [-0.3, -0.25) is 9.59 Å². The Bertz CT molecular complexity index is 234. The van der Waals surface area contributed by atoms with Gasteiger partial charge in [-0.05, 0) is 25.2 Å². The molecule has 1 aliphatic carbocycles. The van der Waals surface area contributed by atoms with Crippen molar-refractivity contribution >= 4 is 11.8 Å². The molecular weight excluding hydrogens is 168 g/mol. The number of carboxylic acid groups (broad SMARTS) is 1. The fourth-order valence-corrected chi connectivity index (χ4v) is 2.00. The van der Waals surface area contributed by atoms with Gasteiger partial charge in [-0.2, -0.15) is 0 Å². The summed E-state index contributed by atoms with van der Waals surface area (Å²) in [5, 5.41) is 9.02. The Balaban J connectivity index is 2.88. The van der Waals surface area contributed by atoms with Crippen LogP contribution in [0.5, 0.6) is 0 Å². The van der Waals surface area contributed by atoms with Crippen LogP contribution in [-0.4, -0.2) is 16.9 Å². The highest BCUT2D eigenvalue weighted by atomic mass is 16.4. The molecule has 0 spiro atoms. The number of Topliss-reactive ketones (excluding diaryl/α,β-unsaturated/α-hetero) is 1. The van der Waals surface area contributed by atoms with E-state index >= 15 is 0 Å². The molecule has 0 aromatic heterocycles. The molecule has 0 aromatic carbocycles. The monoisotopic (exact) mass is 184 g/mol. The lowest BCUT2D eigenvalue weighted by molar-refractivity contribution is -0.158. The first kappa shape index (κ1) is 10.2. The Morgan fingerprint density at radius 3 is 2.69 bits per heavy atom. The molecule has 3 nitrogen and oxygen atoms in total. The molecule has 0 aliphatic heterocycles. The van der Waals surface area contributed by atoms with Gasteiger partial charge in [0.05, 0.1) is 0 Å². The highest BCUT2D eigenvalue weighted by Crippen LogP contribution is 2.38. The molecule has 74 valence electrons. The van der Waals surface area contributed by atoms with Crippen molar-refractivity contribution in [1.29, 1.82) is 0 Å². The molecule has 0 aromatic rings. The third-order valence-corrected chi connectivity index (χ3v) is 3.14. The van der Waals surface area contributed by atoms with Crippen molar-refractivity contribution in [2.45, 2.75) is 39.5 Å². The normalized spacial score (nSPS) is 34.6. The molecular formula is C10H16O3. The second-order valence-electron chi connectivity index (χ2n) is 4.01. The minimum absolute atomic E-state index is 0.0822. The van der Waals surface area contributed by atoms with Crippen LogP contribution in [0, 0.1) is 11.3 Å². The molecule has 1 N–H and O–H groups in total. The number of ketones is 1. The van der Waals surface area contributed by atoms with E-state index in [2.05, 4.69) is 0 Å². The van der Waals surface area contributed by atoms with Crippen LogP contribution in [-0.2, 0) is 9.59 Å². The van der Waals surface area contributed by atoms with Gasteiger partial charge in [-0.1, -0.05) is 13.8 Å². The average molecular weight is 184 g/mol. The average Bonchev–Trinajstić information content (AvgIpc) is 2.04. The summed E-state index contributed by atoms with van der Waals surface area (Å²) in [7, 11) is 0. The lowest BCUT2D eigenvalue weighted by Crippen LogP contribution is -2.42. The molecule has 2 atom stereocenters. The molecule has 2 unspecified atom stereocenters. The van der Waals surface area contributed by atoms with Crippen molar-refractivity contribution in [3.05, 3.63) is 0 Å². The number of carboxylic acids is 1. The Hall–Kier alpha value is -0.860. The van der Waals surface area contributed by atoms with Gasteiger partial charge in [0.1, 0.15) is 11.2 Å². The maximum absolute atomic E-state index is 11.6. The number of aliphatic carboxylic acids is 1. The molecule has 0 amide bonds. The largest absolute Gasteiger partial charge is 0.480 e. The van der Waals surface area contributed by atoms with Gasteiger partial charge in [0.15, 0.2) is 0 Å². The molecule has 0 saturated heterocycles. The van der Waals surface area contributed by atoms with E-state index in [4.69, 9.17) is 5.11 Å². The summed E-state index contributed by atoms with van der Waals surface area (Å²) in [5.74, 6) is -0.667. The van der Waals surface area contributed by atoms with Crippen molar-refractivity contribution in [1.82, 2.24) is 0 Å². The van der Waals surface area contributed by atoms with Gasteiger partial charge in [0, 0.05) is 6.42 Å². The van der Waals surface area contributed by atoms with Crippen molar-refractivity contribution in [2.75, 3.05) is 0 Å². The van der Waals surface area contributed by atoms with Crippen LogP contribution in [0.1, 0.15) is 39.5 Å². The zero-order valence-corrected chi connectivity index (χ0v) is 8.17. The Morgan fingerprint density at radius 2 is 2.31 bits per heavy atom. The van der Waals surface area contributed by atoms with Gasteiger partial charge < -0.3 is 5.11 Å². The van der Waals surface area contributed by atoms with Crippen LogP contribution in [0.25, 0.3) is 0 Å². The van der Waals surface area contributed by atoms with Crippen molar-refractivity contribution in [3.8, 4) is 0 Å². The molecule has 1 rings (SSSR count). The number of carbonyl (C=O) groups is 2. The van der Waals surface area contributed by atoms with Gasteiger partial charge in [-0.15, -0.1) is 0 Å². The van der Waals surface area contributed by atoms with E-state index in [1.807, 2.05) is 6.92 Å². The van der Waals surface area contributed by atoms with E-state index < -0.39 is 11.4 Å². The predicted molar refractivity (Wildman–Crippen MR) is 48.4 cm³/mol. The third kappa shape index (κ3) is 1.60. The van der Waals surface area contributed by atoms with E-state index in [9.17, 15) is 9.59 Å². The van der Waals surface area contributed by atoms with Gasteiger partial charge in [0.25, 0.3) is 0 Å². The first-order valence-corrected chi connectivity index (χ1v) is 4.79. The summed E-state index contributed by atoms with van der Waals surface area (Å²) >= 11 is 0. The summed E-state index contributed by atoms with van der Waals surface area (Å²) in [4.78, 5) is 22.6. The minimum Gasteiger partial charge on any atom is -0.480 e. The van der Waals surface area contributed by atoms with E-state index in [1.165, 1.54) is 0 Å². The van der Waals surface area contributed by atoms with E-state index in [0.717, 1.165) is 6.42 Å². The predicted octanol–water partition coefficient (Wildman–Crippen LogP) is 1.86. The lowest BCUT2D eigenvalue weighted by atomic mass is 9.68. The maximum Gasteiger partial charge on any atom is 0.317 e. The molecule has 0 bridgehead atoms. The Labute approximate surface area is 78.1 Å². The summed E-state index contributed by atoms with van der Waals surface area (Å²) in [6.07, 6.45) is 2.22. The first-order chi connectivity index (χ1) is 6.03. The number of rotatable bonds is 2. The first-order valence-electron chi connectivity index (χ1n) is 4.79. The standard InChI is InChI=1S/C10H16O3/c1-3-10(9(12)13)5-4-7(2)6-8(10)11/h7H,3-6H2,1-2H3,(H,12,13). The van der Waals surface area contributed by atoms with Crippen LogP contribution in [0.4, 0.5) is 0 Å². The van der Waals surface area contributed by atoms with Crippen LogP contribution in [0.2, 0.25) is 0 Å². The zero-order chi connectivity index (χ0) is 10.1. The third-order valence-electron chi connectivity index (χ3n) is 3.14. The van der Waals surface area contributed by atoms with Gasteiger partial charge >= 0.3 is 5.97 Å². The molecule has 1 fully saturated rings. The van der Waals surface area contributed by atoms with E-state index in [0.29, 0.717) is 25.2 Å². The molecule has 0 heterocycles. The summed E-state index contributed by atoms with van der Waals surface area (Å²) < 4.78 is 0. The number of carbonyl (C=O) groups excluding carboxylic acids is 1. The molecule has 0 radical (unpaired) electrons. The topological polar surface area (TPSA) is 54.4 Å². The SMILES string of the molecule is CCC1(C(=O)O)CCC(C)CC1=O. The number of hydrogen-bond donors (Lipinski definition) is 1. The molecule has 3 heteroatoms. The second-order valence-corrected chi connectivity index (χ2v) is 4.01. The fourth-order valence-electron chi connectivity index (χ4n) is 2.00. The van der Waals surface area contributed by atoms with E-state index in [1.54, 1.807) is 6.92 Å². The van der Waals surface area contributed by atoms with Crippen LogP contribution in [0.15, 0.2) is 0 Å². The quantitative estimate of drug-likeness (QED) is 0.666.